The molecule has 5 atom stereocenters. The fraction of sp³-hybridized carbons (Fsp3) is 0.407. The number of ether oxygens (including phenoxy) is 3. The molecule has 0 aromatic heterocycles. The van der Waals surface area contributed by atoms with Crippen molar-refractivity contribution in [2.75, 3.05) is 7.11 Å². The van der Waals surface area contributed by atoms with Gasteiger partial charge in [-0.05, 0) is 13.0 Å². The molecule has 1 amide bonds. The van der Waals surface area contributed by atoms with Gasteiger partial charge in [0, 0.05) is 36.0 Å². The summed E-state index contributed by atoms with van der Waals surface area (Å²) >= 11 is 0. The van der Waals surface area contributed by atoms with E-state index in [-0.39, 0.29) is 34.4 Å². The summed E-state index contributed by atoms with van der Waals surface area (Å²) in [6, 6.07) is 2.84. The summed E-state index contributed by atoms with van der Waals surface area (Å²) < 4.78 is 55.1. The van der Waals surface area contributed by atoms with Gasteiger partial charge in [-0.15, -0.1) is 0 Å². The van der Waals surface area contributed by atoms with E-state index in [1.807, 2.05) is 0 Å². The van der Waals surface area contributed by atoms with Crippen molar-refractivity contribution in [3.63, 3.8) is 0 Å². The van der Waals surface area contributed by atoms with Crippen LogP contribution in [0.3, 0.4) is 0 Å². The Balaban J connectivity index is 1.53. The molecule has 0 radical (unpaired) electrons. The summed E-state index contributed by atoms with van der Waals surface area (Å²) in [5, 5.41) is 34.5. The second kappa shape index (κ2) is 10.1. The number of aliphatic hydroxyl groups is 1. The fourth-order valence-corrected chi connectivity index (χ4v) is 5.55. The average molecular weight is 579 g/mol. The Kier molecular flexibility index (Phi) is 7.04. The molecular weight excluding hydrogens is 555 g/mol. The molecule has 1 fully saturated rings. The minimum atomic E-state index is -5.21. The van der Waals surface area contributed by atoms with Gasteiger partial charge in [0.2, 0.25) is 5.78 Å². The lowest BCUT2D eigenvalue weighted by molar-refractivity contribution is -0.245. The molecule has 1 heterocycles. The van der Waals surface area contributed by atoms with E-state index in [1.54, 1.807) is 5.32 Å². The first-order valence-electron chi connectivity index (χ1n) is 12.5. The van der Waals surface area contributed by atoms with E-state index in [4.69, 9.17) is 14.2 Å². The maximum Gasteiger partial charge on any atom is 0.471 e. The van der Waals surface area contributed by atoms with E-state index < -0.39 is 95.5 Å². The second-order valence-corrected chi connectivity index (χ2v) is 10.00. The number of hydrogen-bond donors (Lipinski definition) is 4. The van der Waals surface area contributed by atoms with Crippen LogP contribution in [0, 0.1) is 0 Å². The molecule has 218 valence electrons. The average Bonchev–Trinajstić information content (AvgIpc) is 2.90. The zero-order chi connectivity index (χ0) is 30.0. The molecule has 14 heteroatoms. The lowest BCUT2D eigenvalue weighted by Gasteiger charge is -2.40. The number of amides is 1. The highest BCUT2D eigenvalue weighted by molar-refractivity contribution is 6.31. The van der Waals surface area contributed by atoms with E-state index in [2.05, 4.69) is 0 Å². The monoisotopic (exact) mass is 579 g/mol. The SMILES string of the molecule is COc1cccc2c1C(=O)c1c(O)c3c(c(O)c1C2=O)CC(=O)C[C@@H]3O[C@H]1C[C@H](NC(=O)C(F)(F)F)[C@H](O)[C@H](C)O1. The quantitative estimate of drug-likeness (QED) is 0.336. The third-order valence-corrected chi connectivity index (χ3v) is 7.47. The number of ketones is 3. The van der Waals surface area contributed by atoms with Gasteiger partial charge in [0.05, 0.1) is 42.0 Å². The number of phenols is 2. The van der Waals surface area contributed by atoms with E-state index in [0.717, 1.165) is 0 Å². The molecule has 0 bridgehead atoms. The molecule has 4 N–H and O–H groups in total. The van der Waals surface area contributed by atoms with Crippen LogP contribution in [0.5, 0.6) is 17.2 Å². The minimum Gasteiger partial charge on any atom is -0.507 e. The summed E-state index contributed by atoms with van der Waals surface area (Å²) in [7, 11) is 1.29. The maximum atomic E-state index is 13.6. The number of aromatic hydroxyl groups is 2. The molecule has 0 spiro atoms. The molecule has 3 aliphatic rings. The topological polar surface area (TPSA) is 169 Å². The third kappa shape index (κ3) is 4.71. The minimum absolute atomic E-state index is 0.0567. The number of nitrogens with one attached hydrogen (secondary N) is 1. The Labute approximate surface area is 229 Å². The van der Waals surface area contributed by atoms with Gasteiger partial charge in [0.1, 0.15) is 29.1 Å². The van der Waals surface area contributed by atoms with Gasteiger partial charge in [-0.25, -0.2) is 0 Å². The number of hydrogen-bond acceptors (Lipinski definition) is 10. The Morgan fingerprint density at radius 1 is 1.07 bits per heavy atom. The summed E-state index contributed by atoms with van der Waals surface area (Å²) in [6.07, 6.45) is -11.8. The Morgan fingerprint density at radius 3 is 2.41 bits per heavy atom. The number of phenolic OH excluding ortho intramolecular Hbond substituents is 2. The first kappa shape index (κ1) is 28.5. The van der Waals surface area contributed by atoms with Gasteiger partial charge >= 0.3 is 12.1 Å². The summed E-state index contributed by atoms with van der Waals surface area (Å²) in [5.41, 5.74) is -1.52. The van der Waals surface area contributed by atoms with Gasteiger partial charge in [-0.1, -0.05) is 12.1 Å². The summed E-state index contributed by atoms with van der Waals surface area (Å²) in [6.45, 7) is 1.34. The van der Waals surface area contributed by atoms with Crippen molar-refractivity contribution in [1.82, 2.24) is 5.32 Å². The standard InChI is InChI=1S/C27H24F3NO10/c1-9-21(33)13(31-26(38)27(28,29)30)8-16(40-9)41-15-7-10(32)6-12-18(15)25(37)20-19(23(12)35)22(34)11-4-3-5-14(39-2)17(11)24(20)36/h3-5,9,13,15-16,21,33,35,37H,6-8H2,1-2H3,(H,31,38)/t9-,13-,15-,16-,21+/m0/s1. The summed E-state index contributed by atoms with van der Waals surface area (Å²) in [4.78, 5) is 51.1. The molecule has 1 aliphatic heterocycles. The van der Waals surface area contributed by atoms with Crippen molar-refractivity contribution in [2.24, 2.45) is 0 Å². The van der Waals surface area contributed by atoms with Crippen LogP contribution in [0.25, 0.3) is 0 Å². The van der Waals surface area contributed by atoms with Gasteiger partial charge in [0.25, 0.3) is 0 Å². The maximum absolute atomic E-state index is 13.6. The normalized spacial score (nSPS) is 25.7. The molecule has 2 aromatic rings. The molecular formula is C27H24F3NO10. The predicted octanol–water partition coefficient (Wildman–Crippen LogP) is 2.00. The number of methoxy groups -OCH3 is 1. The number of carbonyl (C=O) groups is 4. The van der Waals surface area contributed by atoms with Crippen LogP contribution >= 0.6 is 0 Å². The van der Waals surface area contributed by atoms with E-state index in [1.165, 1.54) is 32.2 Å². The van der Waals surface area contributed by atoms with Crippen molar-refractivity contribution in [1.29, 1.82) is 0 Å². The molecule has 41 heavy (non-hydrogen) atoms. The van der Waals surface area contributed by atoms with E-state index in [9.17, 15) is 47.7 Å². The lowest BCUT2D eigenvalue weighted by Crippen LogP contribution is -2.57. The van der Waals surface area contributed by atoms with Crippen LogP contribution in [0.2, 0.25) is 0 Å². The number of rotatable bonds is 4. The van der Waals surface area contributed by atoms with Gasteiger partial charge in [-0.3, -0.25) is 19.2 Å². The van der Waals surface area contributed by atoms with Crippen molar-refractivity contribution < 1.29 is 61.9 Å². The third-order valence-electron chi connectivity index (χ3n) is 7.47. The zero-order valence-corrected chi connectivity index (χ0v) is 21.6. The number of fused-ring (bicyclic) bond motifs is 3. The molecule has 0 unspecified atom stereocenters. The van der Waals surface area contributed by atoms with Gasteiger partial charge < -0.3 is 34.8 Å². The molecule has 1 saturated heterocycles. The molecule has 5 rings (SSSR count). The van der Waals surface area contributed by atoms with Crippen LogP contribution in [0.15, 0.2) is 18.2 Å². The molecule has 11 nitrogen and oxygen atoms in total. The fourth-order valence-electron chi connectivity index (χ4n) is 5.55. The highest BCUT2D eigenvalue weighted by Gasteiger charge is 2.46. The Hall–Kier alpha value is -4.01. The first-order chi connectivity index (χ1) is 19.2. The van der Waals surface area contributed by atoms with Gasteiger partial charge in [-0.2, -0.15) is 13.2 Å². The highest BCUT2D eigenvalue weighted by Crippen LogP contribution is 2.50. The highest BCUT2D eigenvalue weighted by atomic mass is 19.4. The molecule has 0 saturated carbocycles. The predicted molar refractivity (Wildman–Crippen MR) is 130 cm³/mol. The zero-order valence-electron chi connectivity index (χ0n) is 21.6. The summed E-state index contributed by atoms with van der Waals surface area (Å²) in [5.74, 6) is -5.70. The smallest absolute Gasteiger partial charge is 0.471 e. The van der Waals surface area contributed by atoms with Gasteiger partial charge in [0.15, 0.2) is 12.1 Å². The Morgan fingerprint density at radius 2 is 1.76 bits per heavy atom. The molecule has 2 aliphatic carbocycles. The van der Waals surface area contributed by atoms with Crippen LogP contribution < -0.4 is 10.1 Å². The van der Waals surface area contributed by atoms with Crippen molar-refractivity contribution in [3.8, 4) is 17.2 Å². The van der Waals surface area contributed by atoms with Crippen LogP contribution in [-0.4, -0.2) is 76.4 Å². The van der Waals surface area contributed by atoms with Crippen LogP contribution in [-0.2, 0) is 25.5 Å². The van der Waals surface area contributed by atoms with E-state index >= 15 is 0 Å². The Bertz CT molecular complexity index is 1490. The number of carbonyl (C=O) groups excluding carboxylic acids is 4. The van der Waals surface area contributed by atoms with E-state index in [0.29, 0.717) is 0 Å². The molecule has 2 aromatic carbocycles. The number of alkyl halides is 3. The largest absolute Gasteiger partial charge is 0.507 e. The van der Waals surface area contributed by atoms with Crippen molar-refractivity contribution >= 4 is 23.3 Å². The van der Waals surface area contributed by atoms with Crippen molar-refractivity contribution in [3.05, 3.63) is 51.6 Å². The first-order valence-corrected chi connectivity index (χ1v) is 12.5. The number of Topliss-reactive ketones (excluding diaryl/α,β-unsaturated/α-hetero) is 1. The number of aliphatic hydroxyl groups excluding tert-OH is 1. The van der Waals surface area contributed by atoms with Crippen LogP contribution in [0.4, 0.5) is 13.2 Å². The van der Waals surface area contributed by atoms with Crippen molar-refractivity contribution in [2.45, 2.75) is 63.0 Å². The lowest BCUT2D eigenvalue weighted by atomic mass is 9.76. The number of halogens is 3. The second-order valence-electron chi connectivity index (χ2n) is 10.00. The van der Waals surface area contributed by atoms with Crippen LogP contribution in [0.1, 0.15) is 68.8 Å². The number of benzene rings is 2.